The van der Waals surface area contributed by atoms with Gasteiger partial charge in [0.25, 0.3) is 0 Å². The fourth-order valence-electron chi connectivity index (χ4n) is 0.426. The zero-order valence-corrected chi connectivity index (χ0v) is 5.66. The Bertz CT molecular complexity index is 275. The lowest BCUT2D eigenvalue weighted by molar-refractivity contribution is 1.27. The highest BCUT2D eigenvalue weighted by molar-refractivity contribution is 6.29. The van der Waals surface area contributed by atoms with Crippen LogP contribution in [0.15, 0.2) is 12.2 Å². The first-order valence-electron chi connectivity index (χ1n) is 3.42. The van der Waals surface area contributed by atoms with Gasteiger partial charge in [-0.05, 0) is 18.5 Å². The molecule has 0 aliphatic carbocycles. The molecule has 1 aromatic heterocycles. The van der Waals surface area contributed by atoms with Crippen molar-refractivity contribution >= 4 is 17.3 Å². The Morgan fingerprint density at radius 2 is 2.56 bits per heavy atom. The molecule has 0 saturated heterocycles. The lowest BCUT2D eigenvalue weighted by Crippen LogP contribution is -1.89. The molecule has 2 nitrogen and oxygen atoms in total. The maximum Gasteiger partial charge on any atom is 0.131 e. The molecular formula is C6H7ClN2. The van der Waals surface area contributed by atoms with Gasteiger partial charge < -0.3 is 5.73 Å². The van der Waals surface area contributed by atoms with Gasteiger partial charge in [-0.3, -0.25) is 0 Å². The van der Waals surface area contributed by atoms with Crippen molar-refractivity contribution in [1.82, 2.24) is 4.98 Å². The maximum absolute atomic E-state index is 7.28. The molecule has 0 radical (unpaired) electrons. The minimum atomic E-state index is -0.0156. The molecule has 0 unspecified atom stereocenters. The number of aromatic nitrogens is 1. The Hall–Kier alpha value is -0.760. The van der Waals surface area contributed by atoms with Gasteiger partial charge in [-0.15, -0.1) is 0 Å². The molecule has 3 heteroatoms. The number of nitrogen functional groups attached to an aromatic ring is 1. The molecule has 0 amide bonds. The van der Waals surface area contributed by atoms with Gasteiger partial charge in [-0.25, -0.2) is 4.98 Å². The van der Waals surface area contributed by atoms with Crippen molar-refractivity contribution in [2.45, 2.75) is 6.92 Å². The summed E-state index contributed by atoms with van der Waals surface area (Å²) < 4.78 is 14.5. The van der Waals surface area contributed by atoms with Gasteiger partial charge in [-0.2, -0.15) is 0 Å². The second kappa shape index (κ2) is 2.23. The van der Waals surface area contributed by atoms with Gasteiger partial charge in [0.1, 0.15) is 5.15 Å². The molecule has 0 spiro atoms. The summed E-state index contributed by atoms with van der Waals surface area (Å²) in [6.45, 7) is 1.64. The second-order valence-electron chi connectivity index (χ2n) is 1.68. The van der Waals surface area contributed by atoms with Crippen LogP contribution in [0.1, 0.15) is 8.30 Å². The minimum Gasteiger partial charge on any atom is -0.398 e. The first-order valence-corrected chi connectivity index (χ1v) is 2.80. The molecule has 0 atom stereocenters. The molecule has 0 saturated carbocycles. The Kier molecular flexibility index (Phi) is 1.02. The topological polar surface area (TPSA) is 38.9 Å². The number of nitrogens with two attached hydrogens (primary N) is 1. The van der Waals surface area contributed by atoms with E-state index in [9.17, 15) is 0 Å². The zero-order chi connectivity index (χ0) is 8.59. The van der Waals surface area contributed by atoms with E-state index in [0.717, 1.165) is 0 Å². The first-order chi connectivity index (χ1) is 5.04. The lowest BCUT2D eigenvalue weighted by Gasteiger charge is -1.96. The van der Waals surface area contributed by atoms with Crippen LogP contribution in [-0.2, 0) is 0 Å². The van der Waals surface area contributed by atoms with E-state index in [4.69, 9.17) is 20.1 Å². The first kappa shape index (κ1) is 4.12. The summed E-state index contributed by atoms with van der Waals surface area (Å²) in [5, 5.41) is -0.0156. The third kappa shape index (κ3) is 1.33. The SMILES string of the molecule is [2H]c1nc(Cl)c([2H])c(N)c1C. The molecule has 0 aliphatic heterocycles. The number of hydrogen-bond acceptors (Lipinski definition) is 2. The summed E-state index contributed by atoms with van der Waals surface area (Å²) >= 11 is 5.49. The van der Waals surface area contributed by atoms with Crippen LogP contribution >= 0.6 is 11.6 Å². The van der Waals surface area contributed by atoms with Gasteiger partial charge in [0.2, 0.25) is 0 Å². The van der Waals surface area contributed by atoms with Crippen molar-refractivity contribution in [3.05, 3.63) is 22.9 Å². The van der Waals surface area contributed by atoms with E-state index in [1.54, 1.807) is 6.92 Å². The molecular weight excluding hydrogens is 136 g/mol. The predicted molar refractivity (Wildman–Crippen MR) is 38.4 cm³/mol. The normalized spacial score (nSPS) is 12.7. The molecule has 0 bridgehead atoms. The monoisotopic (exact) mass is 144 g/mol. The highest BCUT2D eigenvalue weighted by Gasteiger charge is 1.92. The Morgan fingerprint density at radius 3 is 3.22 bits per heavy atom. The lowest BCUT2D eigenvalue weighted by atomic mass is 10.3. The fourth-order valence-corrected chi connectivity index (χ4v) is 0.570. The molecule has 1 rings (SSSR count). The summed E-state index contributed by atoms with van der Waals surface area (Å²) in [6, 6.07) is 0.000154. The summed E-state index contributed by atoms with van der Waals surface area (Å²) in [4.78, 5) is 3.60. The Morgan fingerprint density at radius 1 is 1.89 bits per heavy atom. The van der Waals surface area contributed by atoms with E-state index in [2.05, 4.69) is 4.98 Å². The molecule has 48 valence electrons. The maximum atomic E-state index is 7.28. The number of pyridine rings is 1. The number of rotatable bonds is 0. The van der Waals surface area contributed by atoms with Crippen LogP contribution in [0.4, 0.5) is 5.69 Å². The summed E-state index contributed by atoms with van der Waals surface area (Å²) in [6.07, 6.45) is 0.0310. The quantitative estimate of drug-likeness (QED) is 0.562. The van der Waals surface area contributed by atoms with E-state index in [1.807, 2.05) is 0 Å². The predicted octanol–water partition coefficient (Wildman–Crippen LogP) is 1.63. The standard InChI is InChI=1S/C6H7ClN2/c1-4-3-9-6(7)2-5(4)8/h2-3H,1H3,(H2,8,9)/i2D,3D. The average Bonchev–Trinajstić information content (AvgIpc) is 1.97. The highest BCUT2D eigenvalue weighted by Crippen LogP contribution is 2.12. The van der Waals surface area contributed by atoms with E-state index in [1.165, 1.54) is 0 Å². The van der Waals surface area contributed by atoms with Crippen molar-refractivity contribution in [2.75, 3.05) is 5.73 Å². The van der Waals surface area contributed by atoms with Gasteiger partial charge >= 0.3 is 0 Å². The molecule has 0 fully saturated rings. The van der Waals surface area contributed by atoms with Crippen LogP contribution in [-0.4, -0.2) is 4.98 Å². The van der Waals surface area contributed by atoms with E-state index in [-0.39, 0.29) is 23.1 Å². The van der Waals surface area contributed by atoms with Crippen LogP contribution in [0, 0.1) is 6.92 Å². The van der Waals surface area contributed by atoms with Gasteiger partial charge in [0, 0.05) is 11.9 Å². The van der Waals surface area contributed by atoms with Gasteiger partial charge in [-0.1, -0.05) is 11.6 Å². The molecule has 1 aromatic rings. The highest BCUT2D eigenvalue weighted by atomic mass is 35.5. The smallest absolute Gasteiger partial charge is 0.131 e. The largest absolute Gasteiger partial charge is 0.398 e. The summed E-state index contributed by atoms with van der Waals surface area (Å²) in [7, 11) is 0. The summed E-state index contributed by atoms with van der Waals surface area (Å²) in [5.74, 6) is 0. The minimum absolute atomic E-state index is 0.000154. The van der Waals surface area contributed by atoms with Crippen LogP contribution in [0.2, 0.25) is 5.15 Å². The van der Waals surface area contributed by atoms with Crippen LogP contribution in [0.5, 0.6) is 0 Å². The third-order valence-electron chi connectivity index (χ3n) is 0.964. The zero-order valence-electron chi connectivity index (χ0n) is 6.90. The molecule has 0 aromatic carbocycles. The Balaban J connectivity index is 3.46. The van der Waals surface area contributed by atoms with Gasteiger partial charge in [0.15, 0.2) is 0 Å². The molecule has 9 heavy (non-hydrogen) atoms. The molecule has 2 N–H and O–H groups in total. The van der Waals surface area contributed by atoms with Crippen molar-refractivity contribution in [3.63, 3.8) is 0 Å². The Labute approximate surface area is 61.5 Å². The molecule has 0 aliphatic rings. The van der Waals surface area contributed by atoms with Crippen LogP contribution < -0.4 is 5.73 Å². The third-order valence-corrected chi connectivity index (χ3v) is 1.14. The number of anilines is 1. The van der Waals surface area contributed by atoms with Crippen molar-refractivity contribution in [3.8, 4) is 0 Å². The average molecular weight is 145 g/mol. The van der Waals surface area contributed by atoms with E-state index < -0.39 is 0 Å². The van der Waals surface area contributed by atoms with E-state index >= 15 is 0 Å². The van der Waals surface area contributed by atoms with Gasteiger partial charge in [0.05, 0.1) is 2.74 Å². The van der Waals surface area contributed by atoms with Crippen molar-refractivity contribution in [2.24, 2.45) is 0 Å². The van der Waals surface area contributed by atoms with Crippen molar-refractivity contribution in [1.29, 1.82) is 0 Å². The summed E-state index contributed by atoms with van der Waals surface area (Å²) in [5.41, 5.74) is 6.18. The van der Waals surface area contributed by atoms with E-state index in [0.29, 0.717) is 5.56 Å². The number of halogens is 1. The number of nitrogens with zero attached hydrogens (tertiary/aromatic N) is 1. The molecule has 1 heterocycles. The fraction of sp³-hybridized carbons (Fsp3) is 0.167. The van der Waals surface area contributed by atoms with Crippen molar-refractivity contribution < 1.29 is 2.74 Å². The van der Waals surface area contributed by atoms with Crippen LogP contribution in [0.25, 0.3) is 0 Å². The number of hydrogen-bond donors (Lipinski definition) is 1. The second-order valence-corrected chi connectivity index (χ2v) is 2.04. The van der Waals surface area contributed by atoms with Crippen LogP contribution in [0.3, 0.4) is 0 Å².